The number of fused-ring (bicyclic) bond motifs is 1. The minimum absolute atomic E-state index is 0.250. The number of carbonyl (C=O) groups is 1. The maximum atomic E-state index is 12.6. The first-order valence-corrected chi connectivity index (χ1v) is 5.97. The largest absolute Gasteiger partial charge is 0.469 e. The van der Waals surface area contributed by atoms with Gasteiger partial charge in [-0.2, -0.15) is 0 Å². The van der Waals surface area contributed by atoms with Crippen LogP contribution in [0.5, 0.6) is 0 Å². The lowest BCUT2D eigenvalue weighted by Gasteiger charge is -2.02. The molecule has 0 unspecified atom stereocenters. The number of carbonyl (C=O) groups excluding carboxylic acids is 1. The molecule has 0 aliphatic heterocycles. The maximum absolute atomic E-state index is 12.6. The van der Waals surface area contributed by atoms with Crippen LogP contribution in [0, 0.1) is 0 Å². The summed E-state index contributed by atoms with van der Waals surface area (Å²) in [6.07, 6.45) is 1.24. The van der Waals surface area contributed by atoms with Crippen molar-refractivity contribution in [1.29, 1.82) is 0 Å². The molecular weight excluding hydrogens is 233 g/mol. The van der Waals surface area contributed by atoms with E-state index in [9.17, 15) is 9.18 Å². The van der Waals surface area contributed by atoms with Crippen molar-refractivity contribution in [2.24, 2.45) is 0 Å². The second kappa shape index (κ2) is 5.67. The van der Waals surface area contributed by atoms with E-state index in [-0.39, 0.29) is 5.97 Å². The summed E-state index contributed by atoms with van der Waals surface area (Å²) < 4.78 is 17.2. The third-order valence-electron chi connectivity index (χ3n) is 3.05. The normalized spacial score (nSPS) is 10.8. The number of nitrogens with one attached hydrogen (secondary N) is 1. The van der Waals surface area contributed by atoms with Gasteiger partial charge in [0.25, 0.3) is 0 Å². The first kappa shape index (κ1) is 12.6. The number of methoxy groups -OCH3 is 1. The van der Waals surface area contributed by atoms with Gasteiger partial charge in [-0.1, -0.05) is 18.2 Å². The lowest BCUT2D eigenvalue weighted by Crippen LogP contribution is -2.03. The molecule has 0 spiro atoms. The SMILES string of the molecule is COC(=O)CCc1[nH]c2ccccc2c1CCF. The average molecular weight is 249 g/mol. The monoisotopic (exact) mass is 249 g/mol. The molecule has 4 heteroatoms. The molecule has 96 valence electrons. The number of hydrogen-bond acceptors (Lipinski definition) is 2. The van der Waals surface area contributed by atoms with Gasteiger partial charge in [0.2, 0.25) is 0 Å². The van der Waals surface area contributed by atoms with Crippen LogP contribution in [0.3, 0.4) is 0 Å². The first-order chi connectivity index (χ1) is 8.76. The predicted molar refractivity (Wildman–Crippen MR) is 68.3 cm³/mol. The summed E-state index contributed by atoms with van der Waals surface area (Å²) in [7, 11) is 1.37. The summed E-state index contributed by atoms with van der Waals surface area (Å²) in [6.45, 7) is -0.396. The van der Waals surface area contributed by atoms with Gasteiger partial charge < -0.3 is 9.72 Å². The van der Waals surface area contributed by atoms with Crippen LogP contribution in [0.2, 0.25) is 0 Å². The van der Waals surface area contributed by atoms with Gasteiger partial charge in [-0.05, 0) is 18.1 Å². The zero-order valence-electron chi connectivity index (χ0n) is 10.3. The van der Waals surface area contributed by atoms with Gasteiger partial charge in [0, 0.05) is 23.0 Å². The number of aromatic amines is 1. The van der Waals surface area contributed by atoms with Crippen molar-refractivity contribution >= 4 is 16.9 Å². The Morgan fingerprint density at radius 3 is 2.83 bits per heavy atom. The molecule has 2 aromatic rings. The molecule has 0 atom stereocenters. The highest BCUT2D eigenvalue weighted by atomic mass is 19.1. The van der Waals surface area contributed by atoms with Gasteiger partial charge in [0.15, 0.2) is 0 Å². The molecular formula is C14H16FNO2. The van der Waals surface area contributed by atoms with E-state index in [1.54, 1.807) is 0 Å². The smallest absolute Gasteiger partial charge is 0.305 e. The summed E-state index contributed by atoms with van der Waals surface area (Å²) in [6, 6.07) is 7.79. The van der Waals surface area contributed by atoms with E-state index in [1.807, 2.05) is 24.3 Å². The Balaban J connectivity index is 2.30. The molecule has 1 aromatic carbocycles. The zero-order valence-corrected chi connectivity index (χ0v) is 10.3. The van der Waals surface area contributed by atoms with Crippen molar-refractivity contribution in [3.63, 3.8) is 0 Å². The maximum Gasteiger partial charge on any atom is 0.305 e. The van der Waals surface area contributed by atoms with Gasteiger partial charge in [-0.3, -0.25) is 9.18 Å². The quantitative estimate of drug-likeness (QED) is 0.828. The van der Waals surface area contributed by atoms with Crippen molar-refractivity contribution in [1.82, 2.24) is 4.98 Å². The van der Waals surface area contributed by atoms with Crippen molar-refractivity contribution in [3.8, 4) is 0 Å². The molecule has 0 amide bonds. The van der Waals surface area contributed by atoms with Crippen molar-refractivity contribution < 1.29 is 13.9 Å². The van der Waals surface area contributed by atoms with Crippen molar-refractivity contribution in [2.75, 3.05) is 13.8 Å². The summed E-state index contributed by atoms with van der Waals surface area (Å²) in [4.78, 5) is 14.4. The van der Waals surface area contributed by atoms with Crippen LogP contribution >= 0.6 is 0 Å². The van der Waals surface area contributed by atoms with E-state index >= 15 is 0 Å². The van der Waals surface area contributed by atoms with Crippen LogP contribution in [0.25, 0.3) is 10.9 Å². The van der Waals surface area contributed by atoms with Gasteiger partial charge in [0.05, 0.1) is 20.2 Å². The van der Waals surface area contributed by atoms with Crippen LogP contribution in [-0.4, -0.2) is 24.7 Å². The van der Waals surface area contributed by atoms with E-state index in [0.29, 0.717) is 19.3 Å². The highest BCUT2D eigenvalue weighted by molar-refractivity contribution is 5.84. The molecule has 0 saturated heterocycles. The Labute approximate surface area is 105 Å². The van der Waals surface area contributed by atoms with Gasteiger partial charge in [-0.25, -0.2) is 0 Å². The minimum Gasteiger partial charge on any atom is -0.469 e. The lowest BCUT2D eigenvalue weighted by molar-refractivity contribution is -0.140. The first-order valence-electron chi connectivity index (χ1n) is 5.97. The number of rotatable bonds is 5. The minimum atomic E-state index is -0.396. The van der Waals surface area contributed by atoms with E-state index in [1.165, 1.54) is 7.11 Å². The zero-order chi connectivity index (χ0) is 13.0. The number of benzene rings is 1. The number of aromatic nitrogens is 1. The molecule has 0 radical (unpaired) electrons. The lowest BCUT2D eigenvalue weighted by atomic mass is 10.1. The Morgan fingerprint density at radius 2 is 2.11 bits per heavy atom. The Kier molecular flexibility index (Phi) is 3.97. The second-order valence-corrected chi connectivity index (χ2v) is 4.14. The predicted octanol–water partition coefficient (Wildman–Crippen LogP) is 2.79. The summed E-state index contributed by atoms with van der Waals surface area (Å²) in [5, 5.41) is 1.04. The molecule has 0 bridgehead atoms. The number of ether oxygens (including phenoxy) is 1. The van der Waals surface area contributed by atoms with Crippen LogP contribution in [-0.2, 0) is 22.4 Å². The third-order valence-corrected chi connectivity index (χ3v) is 3.05. The second-order valence-electron chi connectivity index (χ2n) is 4.14. The number of esters is 1. The Bertz CT molecular complexity index is 548. The molecule has 3 nitrogen and oxygen atoms in total. The van der Waals surface area contributed by atoms with E-state index < -0.39 is 6.67 Å². The molecule has 0 saturated carbocycles. The average Bonchev–Trinajstić information content (AvgIpc) is 2.75. The number of para-hydroxylation sites is 1. The highest BCUT2D eigenvalue weighted by Gasteiger charge is 2.12. The fourth-order valence-corrected chi connectivity index (χ4v) is 2.18. The fraction of sp³-hybridized carbons (Fsp3) is 0.357. The van der Waals surface area contributed by atoms with E-state index in [4.69, 9.17) is 0 Å². The number of alkyl halides is 1. The third kappa shape index (κ3) is 2.53. The number of H-pyrrole nitrogens is 1. The molecule has 18 heavy (non-hydrogen) atoms. The van der Waals surface area contributed by atoms with Gasteiger partial charge in [-0.15, -0.1) is 0 Å². The molecule has 2 rings (SSSR count). The van der Waals surface area contributed by atoms with Crippen molar-refractivity contribution in [3.05, 3.63) is 35.5 Å². The molecule has 1 heterocycles. The van der Waals surface area contributed by atoms with Crippen molar-refractivity contribution in [2.45, 2.75) is 19.3 Å². The molecule has 0 fully saturated rings. The van der Waals surface area contributed by atoms with E-state index in [0.717, 1.165) is 22.2 Å². The molecule has 0 aliphatic rings. The van der Waals surface area contributed by atoms with Crippen LogP contribution in [0.1, 0.15) is 17.7 Å². The molecule has 1 aromatic heterocycles. The Hall–Kier alpha value is -1.84. The summed E-state index contributed by atoms with van der Waals surface area (Å²) in [5.74, 6) is -0.250. The molecule has 1 N–H and O–H groups in total. The number of aryl methyl sites for hydroxylation is 2. The van der Waals surface area contributed by atoms with Crippen LogP contribution in [0.15, 0.2) is 24.3 Å². The van der Waals surface area contributed by atoms with Gasteiger partial charge in [0.1, 0.15) is 0 Å². The standard InChI is InChI=1S/C14H16FNO2/c1-18-14(17)7-6-13-11(8-9-15)10-4-2-3-5-12(10)16-13/h2-5,16H,6-9H2,1H3. The fourth-order valence-electron chi connectivity index (χ4n) is 2.18. The van der Waals surface area contributed by atoms with Gasteiger partial charge >= 0.3 is 5.97 Å². The topological polar surface area (TPSA) is 42.1 Å². The summed E-state index contributed by atoms with van der Waals surface area (Å²) in [5.41, 5.74) is 2.89. The number of halogens is 1. The molecule has 0 aliphatic carbocycles. The highest BCUT2D eigenvalue weighted by Crippen LogP contribution is 2.24. The summed E-state index contributed by atoms with van der Waals surface area (Å²) >= 11 is 0. The van der Waals surface area contributed by atoms with Crippen LogP contribution < -0.4 is 0 Å². The Morgan fingerprint density at radius 1 is 1.33 bits per heavy atom. The van der Waals surface area contributed by atoms with E-state index in [2.05, 4.69) is 9.72 Å². The van der Waals surface area contributed by atoms with Crippen LogP contribution in [0.4, 0.5) is 4.39 Å². The number of hydrogen-bond donors (Lipinski definition) is 1.